The van der Waals surface area contributed by atoms with Gasteiger partial charge in [-0.2, -0.15) is 0 Å². The molecule has 0 radical (unpaired) electrons. The number of halogens is 1. The summed E-state index contributed by atoms with van der Waals surface area (Å²) in [5.41, 5.74) is -1.22. The fourth-order valence-corrected chi connectivity index (χ4v) is 1.93. The SMILES string of the molecule is CC(C)(C)OC(=O)NCC(O)C(O)c1cc(Cl)ccc1[N+](=O)[O-]. The van der Waals surface area contributed by atoms with E-state index in [0.717, 1.165) is 6.07 Å². The van der Waals surface area contributed by atoms with Crippen LogP contribution in [0.5, 0.6) is 0 Å². The molecule has 1 aromatic rings. The van der Waals surface area contributed by atoms with Gasteiger partial charge in [0, 0.05) is 17.6 Å². The number of amides is 1. The average Bonchev–Trinajstić information content (AvgIpc) is 2.41. The molecule has 0 saturated carbocycles. The van der Waals surface area contributed by atoms with Gasteiger partial charge in [-0.1, -0.05) is 11.6 Å². The number of hydrogen-bond donors (Lipinski definition) is 3. The Bertz CT molecular complexity index is 587. The van der Waals surface area contributed by atoms with Gasteiger partial charge in [0.1, 0.15) is 17.8 Å². The van der Waals surface area contributed by atoms with Crippen molar-refractivity contribution in [1.29, 1.82) is 0 Å². The van der Waals surface area contributed by atoms with Crippen molar-refractivity contribution >= 4 is 23.4 Å². The quantitative estimate of drug-likeness (QED) is 0.554. The van der Waals surface area contributed by atoms with Gasteiger partial charge in [0.2, 0.25) is 0 Å². The second-order valence-electron chi connectivity index (χ2n) is 5.86. The van der Waals surface area contributed by atoms with E-state index >= 15 is 0 Å². The Morgan fingerprint density at radius 1 is 1.43 bits per heavy atom. The Balaban J connectivity index is 2.77. The van der Waals surface area contributed by atoms with Crippen molar-refractivity contribution < 1.29 is 24.7 Å². The molecule has 23 heavy (non-hydrogen) atoms. The second-order valence-corrected chi connectivity index (χ2v) is 6.29. The third-order valence-corrected chi connectivity index (χ3v) is 2.96. The largest absolute Gasteiger partial charge is 0.444 e. The molecule has 1 rings (SSSR count). The number of ether oxygens (including phenoxy) is 1. The smallest absolute Gasteiger partial charge is 0.407 e. The molecular weight excluding hydrogens is 328 g/mol. The van der Waals surface area contributed by atoms with Crippen LogP contribution in [-0.2, 0) is 4.74 Å². The minimum absolute atomic E-state index is 0.138. The first-order chi connectivity index (χ1) is 10.5. The molecule has 0 aliphatic rings. The number of nitro benzene ring substituents is 1. The summed E-state index contributed by atoms with van der Waals surface area (Å²) in [6, 6.07) is 3.64. The van der Waals surface area contributed by atoms with Gasteiger partial charge in [0.05, 0.1) is 10.5 Å². The van der Waals surface area contributed by atoms with Crippen LogP contribution in [0.4, 0.5) is 10.5 Å². The number of hydrogen-bond acceptors (Lipinski definition) is 6. The third kappa shape index (κ3) is 6.01. The lowest BCUT2D eigenvalue weighted by molar-refractivity contribution is -0.386. The minimum atomic E-state index is -1.59. The number of nitrogens with one attached hydrogen (secondary N) is 1. The van der Waals surface area contributed by atoms with Crippen LogP contribution in [0.1, 0.15) is 32.4 Å². The van der Waals surface area contributed by atoms with E-state index in [0.29, 0.717) is 0 Å². The average molecular weight is 347 g/mol. The lowest BCUT2D eigenvalue weighted by Crippen LogP contribution is -2.39. The molecule has 2 unspecified atom stereocenters. The van der Waals surface area contributed by atoms with E-state index in [-0.39, 0.29) is 22.8 Å². The molecule has 0 bridgehead atoms. The number of alkyl carbamates (subject to hydrolysis) is 1. The highest BCUT2D eigenvalue weighted by atomic mass is 35.5. The van der Waals surface area contributed by atoms with Crippen LogP contribution in [0.15, 0.2) is 18.2 Å². The number of carbonyl (C=O) groups is 1. The maximum atomic E-state index is 11.5. The first-order valence-electron chi connectivity index (χ1n) is 6.78. The van der Waals surface area contributed by atoms with Crippen LogP contribution >= 0.6 is 11.6 Å². The third-order valence-electron chi connectivity index (χ3n) is 2.72. The predicted octanol–water partition coefficient (Wildman–Crippen LogP) is 2.17. The maximum Gasteiger partial charge on any atom is 0.407 e. The second kappa shape index (κ2) is 7.58. The summed E-state index contributed by atoms with van der Waals surface area (Å²) in [5, 5.41) is 33.4. The molecule has 0 aliphatic carbocycles. The number of benzene rings is 1. The van der Waals surface area contributed by atoms with E-state index < -0.39 is 28.8 Å². The van der Waals surface area contributed by atoms with Gasteiger partial charge in [-0.25, -0.2) is 4.79 Å². The van der Waals surface area contributed by atoms with Crippen LogP contribution in [-0.4, -0.2) is 39.5 Å². The molecule has 0 aromatic heterocycles. The highest BCUT2D eigenvalue weighted by Gasteiger charge is 2.27. The molecule has 0 fully saturated rings. The number of aliphatic hydroxyl groups is 2. The number of nitrogens with zero attached hydrogens (tertiary/aromatic N) is 1. The summed E-state index contributed by atoms with van der Waals surface area (Å²) in [5.74, 6) is 0. The molecule has 2 atom stereocenters. The van der Waals surface area contributed by atoms with Crippen molar-refractivity contribution in [3.8, 4) is 0 Å². The molecule has 0 saturated heterocycles. The normalized spacial score (nSPS) is 14.0. The van der Waals surface area contributed by atoms with Crippen molar-refractivity contribution in [3.63, 3.8) is 0 Å². The number of rotatable bonds is 5. The standard InChI is InChI=1S/C14H19ClN2O6/c1-14(2,3)23-13(20)16-7-11(18)12(19)9-6-8(15)4-5-10(9)17(21)22/h4-6,11-12,18-19H,7H2,1-3H3,(H,16,20). The van der Waals surface area contributed by atoms with E-state index in [2.05, 4.69) is 5.32 Å². The summed E-state index contributed by atoms with van der Waals surface area (Å²) in [6.45, 7) is 4.67. The van der Waals surface area contributed by atoms with Crippen molar-refractivity contribution in [2.24, 2.45) is 0 Å². The van der Waals surface area contributed by atoms with Crippen LogP contribution in [0.2, 0.25) is 5.02 Å². The number of nitro groups is 1. The van der Waals surface area contributed by atoms with Crippen LogP contribution in [0.25, 0.3) is 0 Å². The molecule has 0 spiro atoms. The Morgan fingerprint density at radius 3 is 2.57 bits per heavy atom. The summed E-state index contributed by atoms with van der Waals surface area (Å²) in [6.07, 6.45) is -3.84. The molecule has 9 heteroatoms. The van der Waals surface area contributed by atoms with Crippen LogP contribution in [0, 0.1) is 10.1 Å². The Morgan fingerprint density at radius 2 is 2.04 bits per heavy atom. The van der Waals surface area contributed by atoms with E-state index in [1.807, 2.05) is 0 Å². The Labute approximate surface area is 138 Å². The van der Waals surface area contributed by atoms with Gasteiger partial charge in [-0.15, -0.1) is 0 Å². The number of aliphatic hydroxyl groups excluding tert-OH is 2. The molecule has 3 N–H and O–H groups in total. The van der Waals surface area contributed by atoms with Gasteiger partial charge in [0.25, 0.3) is 5.69 Å². The first kappa shape index (κ1) is 19.1. The molecule has 1 amide bonds. The molecule has 128 valence electrons. The molecular formula is C14H19ClN2O6. The fourth-order valence-electron chi connectivity index (χ4n) is 1.75. The zero-order valence-electron chi connectivity index (χ0n) is 12.9. The monoisotopic (exact) mass is 346 g/mol. The van der Waals surface area contributed by atoms with Crippen molar-refractivity contribution in [3.05, 3.63) is 38.9 Å². The van der Waals surface area contributed by atoms with Crippen LogP contribution in [0.3, 0.4) is 0 Å². The first-order valence-corrected chi connectivity index (χ1v) is 7.16. The van der Waals surface area contributed by atoms with Gasteiger partial charge in [0.15, 0.2) is 0 Å². The Hall–Kier alpha value is -1.90. The maximum absolute atomic E-state index is 11.5. The van der Waals surface area contributed by atoms with Gasteiger partial charge < -0.3 is 20.3 Å². The van der Waals surface area contributed by atoms with Crippen LogP contribution < -0.4 is 5.32 Å². The minimum Gasteiger partial charge on any atom is -0.444 e. The van der Waals surface area contributed by atoms with E-state index in [4.69, 9.17) is 16.3 Å². The highest BCUT2D eigenvalue weighted by Crippen LogP contribution is 2.29. The summed E-state index contributed by atoms with van der Waals surface area (Å²) >= 11 is 5.77. The lowest BCUT2D eigenvalue weighted by Gasteiger charge is -2.22. The van der Waals surface area contributed by atoms with Crippen molar-refractivity contribution in [2.45, 2.75) is 38.6 Å². The zero-order chi connectivity index (χ0) is 17.8. The highest BCUT2D eigenvalue weighted by molar-refractivity contribution is 6.30. The van der Waals surface area contributed by atoms with Gasteiger partial charge in [-0.3, -0.25) is 10.1 Å². The van der Waals surface area contributed by atoms with E-state index in [1.165, 1.54) is 12.1 Å². The predicted molar refractivity (Wildman–Crippen MR) is 83.3 cm³/mol. The summed E-state index contributed by atoms with van der Waals surface area (Å²) in [4.78, 5) is 21.8. The molecule has 1 aromatic carbocycles. The lowest BCUT2D eigenvalue weighted by atomic mass is 10.0. The van der Waals surface area contributed by atoms with E-state index in [1.54, 1.807) is 20.8 Å². The Kier molecular flexibility index (Phi) is 6.31. The van der Waals surface area contributed by atoms with E-state index in [9.17, 15) is 25.1 Å². The van der Waals surface area contributed by atoms with Gasteiger partial charge >= 0.3 is 6.09 Å². The zero-order valence-corrected chi connectivity index (χ0v) is 13.7. The fraction of sp³-hybridized carbons (Fsp3) is 0.500. The topological polar surface area (TPSA) is 122 Å². The molecule has 0 aliphatic heterocycles. The van der Waals surface area contributed by atoms with Crippen molar-refractivity contribution in [2.75, 3.05) is 6.54 Å². The van der Waals surface area contributed by atoms with Gasteiger partial charge in [-0.05, 0) is 32.9 Å². The molecule has 8 nitrogen and oxygen atoms in total. The summed E-state index contributed by atoms with van der Waals surface area (Å²) < 4.78 is 4.98. The molecule has 0 heterocycles. The summed E-state index contributed by atoms with van der Waals surface area (Å²) in [7, 11) is 0. The number of carbonyl (C=O) groups excluding carboxylic acids is 1. The van der Waals surface area contributed by atoms with Crippen molar-refractivity contribution in [1.82, 2.24) is 5.32 Å².